The minimum Gasteiger partial charge on any atom is -0.459 e. The minimum absolute atomic E-state index is 0.0861. The van der Waals surface area contributed by atoms with Crippen molar-refractivity contribution < 1.29 is 58.4 Å². The number of ether oxygens (including phenoxy) is 7. The third kappa shape index (κ3) is 10.5. The lowest BCUT2D eigenvalue weighted by Gasteiger charge is -2.48. The molecule has 1 unspecified atom stereocenters. The van der Waals surface area contributed by atoms with Crippen LogP contribution in [-0.2, 0) is 38.0 Å². The summed E-state index contributed by atoms with van der Waals surface area (Å²) in [5.41, 5.74) is -4.10. The van der Waals surface area contributed by atoms with Gasteiger partial charge < -0.3 is 63.4 Å². The zero-order valence-corrected chi connectivity index (χ0v) is 35.1. The van der Waals surface area contributed by atoms with Crippen molar-refractivity contribution in [3.8, 4) is 0 Å². The maximum absolute atomic E-state index is 14.3. The number of cyclic esters (lactones) is 1. The van der Waals surface area contributed by atoms with E-state index in [4.69, 9.17) is 33.2 Å². The van der Waals surface area contributed by atoms with Gasteiger partial charge in [0, 0.05) is 45.2 Å². The first-order valence-corrected chi connectivity index (χ1v) is 19.5. The Morgan fingerprint density at radius 1 is 0.943 bits per heavy atom. The predicted octanol–water partition coefficient (Wildman–Crippen LogP) is 2.55. The molecule has 4 N–H and O–H groups in total. The normalized spacial score (nSPS) is 48.9. The number of esters is 1. The molecule has 14 heteroatoms. The van der Waals surface area contributed by atoms with Gasteiger partial charge in [-0.3, -0.25) is 4.79 Å². The first kappa shape index (κ1) is 46.4. The number of rotatable bonds is 8. The van der Waals surface area contributed by atoms with E-state index >= 15 is 0 Å². The average Bonchev–Trinajstić information content (AvgIpc) is 3.06. The van der Waals surface area contributed by atoms with Crippen molar-refractivity contribution in [2.75, 3.05) is 41.9 Å². The van der Waals surface area contributed by atoms with Crippen LogP contribution in [0.4, 0.5) is 0 Å². The highest BCUT2D eigenvalue weighted by molar-refractivity contribution is 5.73. The number of methoxy groups -OCH3 is 2. The Labute approximate surface area is 318 Å². The molecule has 0 saturated carbocycles. The van der Waals surface area contributed by atoms with Gasteiger partial charge in [0.15, 0.2) is 12.6 Å². The van der Waals surface area contributed by atoms with Crippen LogP contribution in [0.3, 0.4) is 0 Å². The van der Waals surface area contributed by atoms with Gasteiger partial charge in [0.1, 0.15) is 30.0 Å². The largest absolute Gasteiger partial charge is 0.459 e. The quantitative estimate of drug-likeness (QED) is 0.266. The molecular formula is C39H74N2O12. The molecule has 0 aromatic heterocycles. The lowest BCUT2D eigenvalue weighted by atomic mass is 9.77. The molecule has 312 valence electrons. The zero-order valence-electron chi connectivity index (χ0n) is 35.1. The van der Waals surface area contributed by atoms with Crippen molar-refractivity contribution in [2.24, 2.45) is 17.8 Å². The third-order valence-electron chi connectivity index (χ3n) is 12.4. The number of aliphatic hydroxyl groups is 4. The van der Waals surface area contributed by atoms with Gasteiger partial charge in [-0.25, -0.2) is 0 Å². The van der Waals surface area contributed by atoms with E-state index in [0.717, 1.165) is 0 Å². The van der Waals surface area contributed by atoms with Crippen molar-refractivity contribution in [3.05, 3.63) is 0 Å². The molecule has 18 atom stereocenters. The molecule has 53 heavy (non-hydrogen) atoms. The van der Waals surface area contributed by atoms with Crippen molar-refractivity contribution in [3.63, 3.8) is 0 Å². The topological polar surface area (TPSA) is 169 Å². The van der Waals surface area contributed by atoms with Gasteiger partial charge in [-0.05, 0) is 94.8 Å². The van der Waals surface area contributed by atoms with Crippen LogP contribution < -0.4 is 0 Å². The third-order valence-corrected chi connectivity index (χ3v) is 12.4. The second-order valence-corrected chi connectivity index (χ2v) is 17.4. The van der Waals surface area contributed by atoms with Gasteiger partial charge in [0.05, 0.1) is 41.5 Å². The molecule has 0 bridgehead atoms. The van der Waals surface area contributed by atoms with Gasteiger partial charge in [0.2, 0.25) is 0 Å². The first-order valence-electron chi connectivity index (χ1n) is 19.5. The highest BCUT2D eigenvalue weighted by Crippen LogP contribution is 2.40. The highest BCUT2D eigenvalue weighted by atomic mass is 16.7. The molecule has 0 amide bonds. The van der Waals surface area contributed by atoms with Gasteiger partial charge in [0.25, 0.3) is 0 Å². The van der Waals surface area contributed by atoms with E-state index < -0.39 is 89.9 Å². The number of likely N-dealkylation sites (N-methyl/N-ethyl adjacent to an activating group) is 2. The fourth-order valence-corrected chi connectivity index (χ4v) is 9.16. The summed E-state index contributed by atoms with van der Waals surface area (Å²) in [5, 5.41) is 47.1. The number of carbonyl (C=O) groups excluding carboxylic acids is 1. The molecule has 3 aliphatic rings. The van der Waals surface area contributed by atoms with Gasteiger partial charge >= 0.3 is 5.97 Å². The molecule has 0 aromatic rings. The summed E-state index contributed by atoms with van der Waals surface area (Å²) < 4.78 is 43.7. The molecule has 0 radical (unpaired) electrons. The number of nitrogens with zero attached hydrogens (tertiary/aromatic N) is 2. The van der Waals surface area contributed by atoms with Crippen LogP contribution in [0.1, 0.15) is 94.9 Å². The van der Waals surface area contributed by atoms with E-state index in [-0.39, 0.29) is 36.9 Å². The van der Waals surface area contributed by atoms with Crippen LogP contribution in [0, 0.1) is 17.8 Å². The second-order valence-electron chi connectivity index (χ2n) is 17.4. The number of hydrogen-bond donors (Lipinski definition) is 4. The summed E-state index contributed by atoms with van der Waals surface area (Å²) in [6.07, 6.45) is -7.21. The fourth-order valence-electron chi connectivity index (χ4n) is 9.16. The maximum atomic E-state index is 14.3. The van der Waals surface area contributed by atoms with Gasteiger partial charge in [-0.1, -0.05) is 20.8 Å². The molecular weight excluding hydrogens is 688 g/mol. The van der Waals surface area contributed by atoms with Crippen LogP contribution in [0.5, 0.6) is 0 Å². The molecule has 3 aliphatic heterocycles. The number of aliphatic hydroxyl groups excluding tert-OH is 2. The van der Waals surface area contributed by atoms with Gasteiger partial charge in [-0.15, -0.1) is 0 Å². The summed E-state index contributed by atoms with van der Waals surface area (Å²) in [4.78, 5) is 18.3. The Morgan fingerprint density at radius 2 is 1.57 bits per heavy atom. The monoisotopic (exact) mass is 763 g/mol. The van der Waals surface area contributed by atoms with Gasteiger partial charge in [-0.2, -0.15) is 0 Å². The van der Waals surface area contributed by atoms with E-state index in [9.17, 15) is 25.2 Å². The fraction of sp³-hybridized carbons (Fsp3) is 0.974. The van der Waals surface area contributed by atoms with Crippen molar-refractivity contribution >= 4 is 5.97 Å². The standard InChI is InChI=1S/C39H74N2O12/c1-16-28-39(10,46)34(47-14)25(6)41(13)20-21(2)18-37(8,45)33(53-36-30(42)27(40(11)12)17-22(3)49-36)23(4)31(24(5)35(44)51-28)52-29-19-38(9,48-15)32(43)26(7)50-29/h21-34,36,42-43,45-46H,16-20H2,1-15H3/t21-,22-,23+,24-,25-,26+,27+,28?,29+,30-,31+,32+,33-,34-,36+,37-,38-,39+/m1/s1. The van der Waals surface area contributed by atoms with Crippen molar-refractivity contribution in [2.45, 2.75) is 185 Å². The van der Waals surface area contributed by atoms with E-state index in [2.05, 4.69) is 4.90 Å². The van der Waals surface area contributed by atoms with Crippen molar-refractivity contribution in [1.29, 1.82) is 0 Å². The lowest BCUT2D eigenvalue weighted by molar-refractivity contribution is -0.318. The molecule has 3 rings (SSSR count). The Morgan fingerprint density at radius 3 is 2.11 bits per heavy atom. The van der Waals surface area contributed by atoms with Crippen LogP contribution in [-0.4, -0.2) is 168 Å². The molecule has 0 spiro atoms. The Hall–Kier alpha value is -1.01. The SMILES string of the molecule is CCC1OC(=O)[C@H](C)[C@@H](O[C@H]2C[C@@](C)(OC)[C@@H](O)[C@H](C)O2)[C@H](C)[C@@H](O[C@@H]2O[C@H](C)C[C@H](N(C)C)[C@H]2O)[C@](C)(O)C[C@@H](C)CN(C)[C@H](C)[C@@H](OC)[C@@]1(C)O. The van der Waals surface area contributed by atoms with Crippen LogP contribution in [0.15, 0.2) is 0 Å². The van der Waals surface area contributed by atoms with Crippen molar-refractivity contribution in [1.82, 2.24) is 9.80 Å². The molecule has 0 aliphatic carbocycles. The van der Waals surface area contributed by atoms with E-state index in [1.165, 1.54) is 14.2 Å². The van der Waals surface area contributed by atoms with E-state index in [0.29, 0.717) is 19.4 Å². The summed E-state index contributed by atoms with van der Waals surface area (Å²) in [6.45, 7) is 18.7. The number of hydrogen-bond acceptors (Lipinski definition) is 14. The maximum Gasteiger partial charge on any atom is 0.311 e. The summed E-state index contributed by atoms with van der Waals surface area (Å²) >= 11 is 0. The Balaban J connectivity index is 2.19. The van der Waals surface area contributed by atoms with Crippen LogP contribution >= 0.6 is 0 Å². The number of carbonyl (C=O) groups is 1. The molecule has 0 aromatic carbocycles. The average molecular weight is 763 g/mol. The zero-order chi connectivity index (χ0) is 40.4. The van der Waals surface area contributed by atoms with E-state index in [1.54, 1.807) is 34.6 Å². The first-order chi connectivity index (χ1) is 24.4. The summed E-state index contributed by atoms with van der Waals surface area (Å²) in [6, 6.07) is -0.560. The Bertz CT molecular complexity index is 1160. The minimum atomic E-state index is -1.57. The summed E-state index contributed by atoms with van der Waals surface area (Å²) in [7, 11) is 8.79. The smallest absolute Gasteiger partial charge is 0.311 e. The highest BCUT2D eigenvalue weighted by Gasteiger charge is 2.53. The molecule has 3 heterocycles. The van der Waals surface area contributed by atoms with E-state index in [1.807, 2.05) is 60.7 Å². The second kappa shape index (κ2) is 18.5. The molecule has 3 fully saturated rings. The van der Waals surface area contributed by atoms with Crippen LogP contribution in [0.25, 0.3) is 0 Å². The molecule has 14 nitrogen and oxygen atoms in total. The summed E-state index contributed by atoms with van der Waals surface area (Å²) in [5.74, 6) is -2.40. The predicted molar refractivity (Wildman–Crippen MR) is 199 cm³/mol. The van der Waals surface area contributed by atoms with Crippen LogP contribution in [0.2, 0.25) is 0 Å². The Kier molecular flexibility index (Phi) is 16.2. The molecule has 3 saturated heterocycles. The lowest BCUT2D eigenvalue weighted by Crippen LogP contribution is -2.60.